The maximum absolute atomic E-state index is 12.5. The van der Waals surface area contributed by atoms with Gasteiger partial charge in [0, 0.05) is 32.4 Å². The van der Waals surface area contributed by atoms with E-state index in [0.717, 1.165) is 32.5 Å². The van der Waals surface area contributed by atoms with Gasteiger partial charge in [-0.25, -0.2) is 0 Å². The molecule has 0 saturated carbocycles. The topological polar surface area (TPSA) is 49.8 Å². The number of hydrogen-bond donors (Lipinski definition) is 1. The molecule has 20 heavy (non-hydrogen) atoms. The highest BCUT2D eigenvalue weighted by Crippen LogP contribution is 2.23. The lowest BCUT2D eigenvalue weighted by Crippen LogP contribution is -2.39. The first-order chi connectivity index (χ1) is 9.76. The Hall–Kier alpha value is -1.35. The fourth-order valence-corrected chi connectivity index (χ4v) is 3.21. The summed E-state index contributed by atoms with van der Waals surface area (Å²) in [5.41, 5.74) is 0.716. The van der Waals surface area contributed by atoms with Gasteiger partial charge in [-0.3, -0.25) is 4.79 Å². The molecular weight excluding hydrogens is 274 g/mol. The molecular formula is C15H19NO3S. The first-order valence-electron chi connectivity index (χ1n) is 6.71. The molecule has 1 aliphatic rings. The molecule has 1 N–H and O–H groups in total. The summed E-state index contributed by atoms with van der Waals surface area (Å²) in [4.78, 5) is 15.1. The van der Waals surface area contributed by atoms with Crippen LogP contribution in [0.25, 0.3) is 0 Å². The van der Waals surface area contributed by atoms with Gasteiger partial charge in [0.25, 0.3) is 5.91 Å². The monoisotopic (exact) mass is 293 g/mol. The summed E-state index contributed by atoms with van der Waals surface area (Å²) in [5.74, 6) is 6.04. The summed E-state index contributed by atoms with van der Waals surface area (Å²) in [6.07, 6.45) is 1.98. The van der Waals surface area contributed by atoms with E-state index in [1.807, 2.05) is 16.3 Å². The van der Waals surface area contributed by atoms with Crippen molar-refractivity contribution >= 4 is 17.2 Å². The van der Waals surface area contributed by atoms with Crippen molar-refractivity contribution in [2.75, 3.05) is 33.4 Å². The van der Waals surface area contributed by atoms with Crippen molar-refractivity contribution in [2.45, 2.75) is 12.8 Å². The van der Waals surface area contributed by atoms with Gasteiger partial charge in [-0.1, -0.05) is 11.8 Å². The first kappa shape index (κ1) is 15.0. The lowest BCUT2D eigenvalue weighted by atomic mass is 9.97. The van der Waals surface area contributed by atoms with E-state index < -0.39 is 0 Å². The molecule has 1 aromatic heterocycles. The van der Waals surface area contributed by atoms with Crippen molar-refractivity contribution in [3.05, 3.63) is 21.9 Å². The highest BCUT2D eigenvalue weighted by atomic mass is 32.1. The Balaban J connectivity index is 2.00. The van der Waals surface area contributed by atoms with E-state index in [-0.39, 0.29) is 12.5 Å². The molecule has 0 aliphatic carbocycles. The van der Waals surface area contributed by atoms with Crippen molar-refractivity contribution in [1.82, 2.24) is 4.90 Å². The number of piperidine rings is 1. The first-order valence-corrected chi connectivity index (χ1v) is 7.59. The Morgan fingerprint density at radius 3 is 2.95 bits per heavy atom. The maximum Gasteiger partial charge on any atom is 0.265 e. The van der Waals surface area contributed by atoms with Crippen LogP contribution in [0.1, 0.15) is 28.1 Å². The van der Waals surface area contributed by atoms with Gasteiger partial charge in [0.2, 0.25) is 0 Å². The minimum Gasteiger partial charge on any atom is -0.384 e. The molecule has 0 radical (unpaired) electrons. The second-order valence-corrected chi connectivity index (χ2v) is 5.73. The largest absolute Gasteiger partial charge is 0.384 e. The molecule has 2 rings (SSSR count). The van der Waals surface area contributed by atoms with Crippen molar-refractivity contribution in [3.63, 3.8) is 0 Å². The third-order valence-electron chi connectivity index (χ3n) is 3.47. The van der Waals surface area contributed by atoms with Crippen LogP contribution in [0.15, 0.2) is 11.4 Å². The Morgan fingerprint density at radius 1 is 1.55 bits per heavy atom. The van der Waals surface area contributed by atoms with Gasteiger partial charge >= 0.3 is 0 Å². The zero-order chi connectivity index (χ0) is 14.4. The molecule has 2 heterocycles. The molecule has 1 aromatic rings. The third-order valence-corrected chi connectivity index (χ3v) is 4.37. The molecule has 1 fully saturated rings. The van der Waals surface area contributed by atoms with Gasteiger partial charge in [0.15, 0.2) is 0 Å². The van der Waals surface area contributed by atoms with Gasteiger partial charge < -0.3 is 14.7 Å². The maximum atomic E-state index is 12.5. The standard InChI is InChI=1S/C15H19NO3S/c1-19-11-12-4-7-16(8-5-12)15(18)14-13(3-2-9-17)6-10-20-14/h6,10,12,17H,4-5,7-9,11H2,1H3. The fraction of sp³-hybridized carbons (Fsp3) is 0.533. The van der Waals surface area contributed by atoms with Crippen LogP contribution < -0.4 is 0 Å². The fourth-order valence-electron chi connectivity index (χ4n) is 2.39. The summed E-state index contributed by atoms with van der Waals surface area (Å²) in [7, 11) is 1.72. The molecule has 1 amide bonds. The van der Waals surface area contributed by atoms with E-state index in [4.69, 9.17) is 9.84 Å². The number of rotatable bonds is 3. The average Bonchev–Trinajstić information content (AvgIpc) is 2.94. The number of carbonyl (C=O) groups excluding carboxylic acids is 1. The number of thiophene rings is 1. The number of nitrogens with zero attached hydrogens (tertiary/aromatic N) is 1. The second kappa shape index (κ2) is 7.44. The smallest absolute Gasteiger partial charge is 0.265 e. The zero-order valence-corrected chi connectivity index (χ0v) is 12.4. The van der Waals surface area contributed by atoms with Crippen molar-refractivity contribution in [1.29, 1.82) is 0 Å². The number of methoxy groups -OCH3 is 1. The highest BCUT2D eigenvalue weighted by Gasteiger charge is 2.25. The Bertz CT molecular complexity index is 507. The van der Waals surface area contributed by atoms with Crippen LogP contribution in [0.5, 0.6) is 0 Å². The molecule has 4 nitrogen and oxygen atoms in total. The Morgan fingerprint density at radius 2 is 2.30 bits per heavy atom. The van der Waals surface area contributed by atoms with Crippen molar-refractivity contribution in [3.8, 4) is 11.8 Å². The molecule has 1 aliphatic heterocycles. The number of aliphatic hydroxyl groups excluding tert-OH is 1. The Labute approximate surface area is 123 Å². The van der Waals surface area contributed by atoms with Gasteiger partial charge in [0.05, 0.1) is 0 Å². The lowest BCUT2D eigenvalue weighted by Gasteiger charge is -2.31. The van der Waals surface area contributed by atoms with Gasteiger partial charge in [-0.15, -0.1) is 11.3 Å². The van der Waals surface area contributed by atoms with E-state index in [1.54, 1.807) is 7.11 Å². The molecule has 5 heteroatoms. The lowest BCUT2D eigenvalue weighted by molar-refractivity contribution is 0.0618. The molecule has 0 spiro atoms. The van der Waals surface area contributed by atoms with Crippen molar-refractivity contribution in [2.24, 2.45) is 5.92 Å². The molecule has 0 aromatic carbocycles. The number of hydrogen-bond acceptors (Lipinski definition) is 4. The van der Waals surface area contributed by atoms with Gasteiger partial charge in [-0.2, -0.15) is 0 Å². The minimum absolute atomic E-state index is 0.0538. The summed E-state index contributed by atoms with van der Waals surface area (Å²) in [6, 6.07) is 1.83. The van der Waals surface area contributed by atoms with Crippen LogP contribution in [0, 0.1) is 17.8 Å². The normalized spacial score (nSPS) is 15.8. The molecule has 0 bridgehead atoms. The summed E-state index contributed by atoms with van der Waals surface area (Å²) >= 11 is 1.41. The van der Waals surface area contributed by atoms with Crippen LogP contribution >= 0.6 is 11.3 Å². The number of amides is 1. The van der Waals surface area contributed by atoms with Gasteiger partial charge in [-0.05, 0) is 30.2 Å². The van der Waals surface area contributed by atoms with E-state index in [2.05, 4.69) is 11.8 Å². The van der Waals surface area contributed by atoms with Crippen LogP contribution in [-0.2, 0) is 4.74 Å². The molecule has 0 unspecified atom stereocenters. The zero-order valence-electron chi connectivity index (χ0n) is 11.6. The van der Waals surface area contributed by atoms with E-state index in [1.165, 1.54) is 11.3 Å². The highest BCUT2D eigenvalue weighted by molar-refractivity contribution is 7.12. The van der Waals surface area contributed by atoms with Crippen LogP contribution in [0.4, 0.5) is 0 Å². The SMILES string of the molecule is COCC1CCN(C(=O)c2sccc2C#CCO)CC1. The number of ether oxygens (including phenoxy) is 1. The number of carbonyl (C=O) groups is 1. The summed E-state index contributed by atoms with van der Waals surface area (Å²) in [5, 5.41) is 10.6. The van der Waals surface area contributed by atoms with E-state index >= 15 is 0 Å². The molecule has 0 atom stereocenters. The van der Waals surface area contributed by atoms with E-state index in [9.17, 15) is 4.79 Å². The Kier molecular flexibility index (Phi) is 5.60. The van der Waals surface area contributed by atoms with Crippen LogP contribution in [0.2, 0.25) is 0 Å². The predicted octanol–water partition coefficient (Wildman–Crippen LogP) is 1.59. The minimum atomic E-state index is -0.189. The average molecular weight is 293 g/mol. The second-order valence-electron chi connectivity index (χ2n) is 4.81. The van der Waals surface area contributed by atoms with Crippen molar-refractivity contribution < 1.29 is 14.6 Å². The molecule has 1 saturated heterocycles. The quantitative estimate of drug-likeness (QED) is 0.861. The summed E-state index contributed by atoms with van der Waals surface area (Å²) < 4.78 is 5.17. The third kappa shape index (κ3) is 3.60. The van der Waals surface area contributed by atoms with E-state index in [0.29, 0.717) is 16.4 Å². The number of likely N-dealkylation sites (tertiary alicyclic amines) is 1. The number of aliphatic hydroxyl groups is 1. The predicted molar refractivity (Wildman–Crippen MR) is 78.8 cm³/mol. The van der Waals surface area contributed by atoms with Crippen LogP contribution in [0.3, 0.4) is 0 Å². The van der Waals surface area contributed by atoms with Crippen LogP contribution in [-0.4, -0.2) is 49.3 Å². The molecule has 108 valence electrons. The van der Waals surface area contributed by atoms with Gasteiger partial charge in [0.1, 0.15) is 11.5 Å². The summed E-state index contributed by atoms with van der Waals surface area (Å²) in [6.45, 7) is 2.13.